The van der Waals surface area contributed by atoms with E-state index in [-0.39, 0.29) is 35.8 Å². The molecule has 0 radical (unpaired) electrons. The van der Waals surface area contributed by atoms with Gasteiger partial charge in [-0.3, -0.25) is 4.79 Å². The number of carbonyl (C=O) groups is 3. The van der Waals surface area contributed by atoms with Gasteiger partial charge in [0.05, 0.1) is 5.37 Å². The third-order valence-electron chi connectivity index (χ3n) is 7.16. The quantitative estimate of drug-likeness (QED) is 0.647. The van der Waals surface area contributed by atoms with Gasteiger partial charge in [-0.1, -0.05) is 48.5 Å². The minimum absolute atomic E-state index is 0.0194. The summed E-state index contributed by atoms with van der Waals surface area (Å²) in [6.45, 7) is 2.14. The summed E-state index contributed by atoms with van der Waals surface area (Å²) in [5, 5.41) is 12.2. The standard InChI is InChI=1S/C26H28N2O5S/c1-15-28(23(14-34-15)25(30)31)24(29)12-16-10-17(11-16)27-26(32)33-13-22-20-8-4-2-6-18(20)19-7-3-5-9-21(19)22/h2-9,15-17,22-23H,10-14H2,1H3,(H,27,32)(H,30,31). The van der Waals surface area contributed by atoms with Crippen molar-refractivity contribution >= 4 is 29.7 Å². The van der Waals surface area contributed by atoms with Gasteiger partial charge in [-0.15, -0.1) is 11.8 Å². The van der Waals surface area contributed by atoms with E-state index >= 15 is 0 Å². The number of rotatable bonds is 6. The molecule has 2 N–H and O–H groups in total. The Balaban J connectivity index is 1.10. The van der Waals surface area contributed by atoms with Crippen molar-refractivity contribution in [2.24, 2.45) is 5.92 Å². The zero-order valence-electron chi connectivity index (χ0n) is 19.0. The number of hydrogen-bond acceptors (Lipinski definition) is 5. The lowest BCUT2D eigenvalue weighted by atomic mass is 9.78. The molecule has 5 rings (SSSR count). The molecule has 0 bridgehead atoms. The first kappa shape index (κ1) is 22.8. The lowest BCUT2D eigenvalue weighted by molar-refractivity contribution is -0.149. The van der Waals surface area contributed by atoms with E-state index in [1.165, 1.54) is 38.9 Å². The smallest absolute Gasteiger partial charge is 0.407 e. The van der Waals surface area contributed by atoms with Crippen molar-refractivity contribution in [3.63, 3.8) is 0 Å². The number of carboxylic acid groups (broad SMARTS) is 1. The number of fused-ring (bicyclic) bond motifs is 3. The molecule has 2 aromatic rings. The lowest BCUT2D eigenvalue weighted by Gasteiger charge is -2.36. The number of nitrogens with one attached hydrogen (secondary N) is 1. The number of carbonyl (C=O) groups excluding carboxylic acids is 2. The predicted octanol–water partition coefficient (Wildman–Crippen LogP) is 4.07. The second-order valence-corrected chi connectivity index (χ2v) is 10.6. The van der Waals surface area contributed by atoms with Gasteiger partial charge >= 0.3 is 12.1 Å². The third kappa shape index (κ3) is 4.27. The fraction of sp³-hybridized carbons (Fsp3) is 0.423. The minimum Gasteiger partial charge on any atom is -0.480 e. The van der Waals surface area contributed by atoms with Crippen LogP contribution in [-0.4, -0.2) is 57.8 Å². The molecule has 2 atom stereocenters. The Bertz CT molecular complexity index is 1070. The summed E-state index contributed by atoms with van der Waals surface area (Å²) in [5.74, 6) is -0.465. The van der Waals surface area contributed by atoms with Crippen LogP contribution < -0.4 is 5.32 Å². The summed E-state index contributed by atoms with van der Waals surface area (Å²) in [4.78, 5) is 38.1. The van der Waals surface area contributed by atoms with Gasteiger partial charge in [-0.25, -0.2) is 9.59 Å². The molecule has 1 heterocycles. The summed E-state index contributed by atoms with van der Waals surface area (Å²) in [6.07, 6.45) is 1.27. The number of thioether (sulfide) groups is 1. The number of hydrogen-bond donors (Lipinski definition) is 2. The van der Waals surface area contributed by atoms with Gasteiger partial charge in [0.25, 0.3) is 0 Å². The summed E-state index contributed by atoms with van der Waals surface area (Å²) in [7, 11) is 0. The van der Waals surface area contributed by atoms with Crippen molar-refractivity contribution < 1.29 is 24.2 Å². The Morgan fingerprint density at radius 3 is 2.29 bits per heavy atom. The first-order chi connectivity index (χ1) is 16.4. The van der Waals surface area contributed by atoms with Crippen LogP contribution in [0.2, 0.25) is 0 Å². The van der Waals surface area contributed by atoms with E-state index in [4.69, 9.17) is 4.74 Å². The minimum atomic E-state index is -0.950. The molecule has 3 aliphatic rings. The lowest BCUT2D eigenvalue weighted by Crippen LogP contribution is -2.49. The van der Waals surface area contributed by atoms with E-state index in [2.05, 4.69) is 29.6 Å². The van der Waals surface area contributed by atoms with Crippen molar-refractivity contribution in [2.45, 2.75) is 49.6 Å². The van der Waals surface area contributed by atoms with Crippen LogP contribution in [0.4, 0.5) is 4.79 Å². The van der Waals surface area contributed by atoms with Crippen molar-refractivity contribution in [1.29, 1.82) is 0 Å². The van der Waals surface area contributed by atoms with Crippen molar-refractivity contribution in [2.75, 3.05) is 12.4 Å². The Kier molecular flexibility index (Phi) is 6.25. The van der Waals surface area contributed by atoms with Gasteiger partial charge in [-0.05, 0) is 47.9 Å². The molecular weight excluding hydrogens is 452 g/mol. The molecule has 2 aromatic carbocycles. The van der Waals surface area contributed by atoms with Gasteiger partial charge in [0.15, 0.2) is 0 Å². The first-order valence-corrected chi connectivity index (χ1v) is 12.7. The zero-order valence-corrected chi connectivity index (χ0v) is 19.8. The van der Waals surface area contributed by atoms with Crippen LogP contribution in [-0.2, 0) is 14.3 Å². The molecule has 2 amide bonds. The summed E-state index contributed by atoms with van der Waals surface area (Å²) in [6, 6.07) is 15.7. The van der Waals surface area contributed by atoms with E-state index < -0.39 is 18.1 Å². The fourth-order valence-corrected chi connectivity index (χ4v) is 6.58. The molecule has 34 heavy (non-hydrogen) atoms. The molecule has 2 aliphatic carbocycles. The number of carboxylic acids is 1. The molecule has 7 nitrogen and oxygen atoms in total. The molecule has 2 fully saturated rings. The highest BCUT2D eigenvalue weighted by atomic mass is 32.2. The molecule has 8 heteroatoms. The van der Waals surface area contributed by atoms with Gasteiger partial charge in [0.2, 0.25) is 5.91 Å². The Hall–Kier alpha value is -3.00. The zero-order chi connectivity index (χ0) is 23.8. The maximum absolute atomic E-state index is 12.7. The Morgan fingerprint density at radius 2 is 1.68 bits per heavy atom. The molecule has 1 saturated carbocycles. The van der Waals surface area contributed by atoms with Crippen LogP contribution in [0.5, 0.6) is 0 Å². The molecule has 0 spiro atoms. The number of aliphatic carboxylic acids is 1. The van der Waals surface area contributed by atoms with Crippen LogP contribution in [0.15, 0.2) is 48.5 Å². The molecule has 0 aromatic heterocycles. The number of amides is 2. The van der Waals surface area contributed by atoms with E-state index in [9.17, 15) is 19.5 Å². The normalized spacial score (nSPS) is 25.3. The monoisotopic (exact) mass is 480 g/mol. The highest BCUT2D eigenvalue weighted by Gasteiger charge is 2.41. The number of benzene rings is 2. The molecule has 2 unspecified atom stereocenters. The van der Waals surface area contributed by atoms with Crippen LogP contribution in [0, 0.1) is 5.92 Å². The topological polar surface area (TPSA) is 95.9 Å². The molecule has 1 saturated heterocycles. The van der Waals surface area contributed by atoms with Crippen molar-refractivity contribution in [1.82, 2.24) is 10.2 Å². The highest BCUT2D eigenvalue weighted by Crippen LogP contribution is 2.44. The van der Waals surface area contributed by atoms with Crippen molar-refractivity contribution in [3.8, 4) is 11.1 Å². The molecule has 1 aliphatic heterocycles. The SMILES string of the molecule is CC1SCC(C(=O)O)N1C(=O)CC1CC(NC(=O)OCC2c3ccccc3-c3ccccc32)C1. The van der Waals surface area contributed by atoms with E-state index in [0.29, 0.717) is 25.0 Å². The second kappa shape index (κ2) is 9.33. The summed E-state index contributed by atoms with van der Waals surface area (Å²) < 4.78 is 5.60. The maximum Gasteiger partial charge on any atom is 0.407 e. The highest BCUT2D eigenvalue weighted by molar-refractivity contribution is 8.00. The van der Waals surface area contributed by atoms with Gasteiger partial charge in [0.1, 0.15) is 12.6 Å². The average molecular weight is 481 g/mol. The van der Waals surface area contributed by atoms with Gasteiger partial charge in [-0.2, -0.15) is 0 Å². The first-order valence-electron chi connectivity index (χ1n) is 11.7. The Morgan fingerprint density at radius 1 is 1.06 bits per heavy atom. The molecular formula is C26H28N2O5S. The maximum atomic E-state index is 12.7. The van der Waals surface area contributed by atoms with E-state index in [0.717, 1.165) is 0 Å². The van der Waals surface area contributed by atoms with Gasteiger partial charge < -0.3 is 20.1 Å². The van der Waals surface area contributed by atoms with E-state index in [1.807, 2.05) is 31.2 Å². The third-order valence-corrected chi connectivity index (χ3v) is 8.38. The van der Waals surface area contributed by atoms with Crippen molar-refractivity contribution in [3.05, 3.63) is 59.7 Å². The van der Waals surface area contributed by atoms with Crippen LogP contribution in [0.3, 0.4) is 0 Å². The number of ether oxygens (including phenoxy) is 1. The largest absolute Gasteiger partial charge is 0.480 e. The summed E-state index contributed by atoms with van der Waals surface area (Å²) in [5.41, 5.74) is 4.73. The fourth-order valence-electron chi connectivity index (χ4n) is 5.39. The van der Waals surface area contributed by atoms with Crippen LogP contribution >= 0.6 is 11.8 Å². The van der Waals surface area contributed by atoms with E-state index in [1.54, 1.807) is 0 Å². The predicted molar refractivity (Wildman–Crippen MR) is 130 cm³/mol. The summed E-state index contributed by atoms with van der Waals surface area (Å²) >= 11 is 1.49. The number of alkyl carbamates (subject to hydrolysis) is 1. The Labute approximate surface area is 202 Å². The molecule has 178 valence electrons. The van der Waals surface area contributed by atoms with Crippen LogP contribution in [0.1, 0.15) is 43.2 Å². The van der Waals surface area contributed by atoms with Crippen LogP contribution in [0.25, 0.3) is 11.1 Å². The number of nitrogens with zero attached hydrogens (tertiary/aromatic N) is 1. The van der Waals surface area contributed by atoms with Gasteiger partial charge in [0, 0.05) is 24.1 Å². The second-order valence-electron chi connectivity index (χ2n) is 9.30. The average Bonchev–Trinajstić information content (AvgIpc) is 3.34.